The molecule has 1 fully saturated rings. The Morgan fingerprint density at radius 1 is 1.07 bits per heavy atom. The van der Waals surface area contributed by atoms with Crippen LogP contribution < -0.4 is 15.5 Å². The maximum absolute atomic E-state index is 12.6. The Bertz CT molecular complexity index is 1080. The van der Waals surface area contributed by atoms with E-state index in [4.69, 9.17) is 4.52 Å². The molecule has 3 amide bonds. The summed E-state index contributed by atoms with van der Waals surface area (Å²) < 4.78 is 4.92. The van der Waals surface area contributed by atoms with Gasteiger partial charge in [0.25, 0.3) is 5.91 Å². The average Bonchev–Trinajstić information content (AvgIpc) is 3.34. The highest BCUT2D eigenvalue weighted by atomic mass is 16.5. The molecule has 0 bridgehead atoms. The van der Waals surface area contributed by atoms with Gasteiger partial charge in [0, 0.05) is 36.0 Å². The first-order chi connectivity index (χ1) is 14.5. The average molecular weight is 404 g/mol. The van der Waals surface area contributed by atoms with Crippen molar-refractivity contribution in [2.45, 2.75) is 13.3 Å². The Morgan fingerprint density at radius 2 is 1.80 bits per heavy atom. The molecule has 1 aliphatic rings. The van der Waals surface area contributed by atoms with E-state index in [0.717, 1.165) is 5.69 Å². The monoisotopic (exact) mass is 404 g/mol. The Hall–Kier alpha value is -3.94. The van der Waals surface area contributed by atoms with Gasteiger partial charge in [0.05, 0.1) is 5.92 Å². The number of rotatable bonds is 5. The second kappa shape index (κ2) is 8.20. The van der Waals surface area contributed by atoms with E-state index in [0.29, 0.717) is 29.4 Å². The van der Waals surface area contributed by atoms with Crippen molar-refractivity contribution in [2.75, 3.05) is 22.1 Å². The molecule has 0 aliphatic carbocycles. The topological polar surface area (TPSA) is 105 Å². The molecule has 0 spiro atoms. The Labute approximate surface area is 172 Å². The van der Waals surface area contributed by atoms with E-state index < -0.39 is 5.92 Å². The van der Waals surface area contributed by atoms with Crippen LogP contribution in [-0.2, 0) is 9.59 Å². The SMILES string of the molecule is Cc1cc(NC(=O)c2ccc(NC(=O)C3CC(=O)N(c4ccccc4)C3)cc2)no1. The maximum atomic E-state index is 12.6. The number of carbonyl (C=O) groups excluding carboxylic acids is 3. The largest absolute Gasteiger partial charge is 0.360 e. The maximum Gasteiger partial charge on any atom is 0.256 e. The van der Waals surface area contributed by atoms with Crippen LogP contribution in [0, 0.1) is 12.8 Å². The molecule has 30 heavy (non-hydrogen) atoms. The number of nitrogens with zero attached hydrogens (tertiary/aromatic N) is 2. The summed E-state index contributed by atoms with van der Waals surface area (Å²) in [5.74, 6) is -0.131. The van der Waals surface area contributed by atoms with Crippen molar-refractivity contribution >= 4 is 34.9 Å². The third-order valence-corrected chi connectivity index (χ3v) is 4.85. The second-order valence-electron chi connectivity index (χ2n) is 7.08. The molecule has 8 heteroatoms. The van der Waals surface area contributed by atoms with Gasteiger partial charge in [-0.15, -0.1) is 0 Å². The lowest BCUT2D eigenvalue weighted by molar-refractivity contribution is -0.122. The summed E-state index contributed by atoms with van der Waals surface area (Å²) >= 11 is 0. The Balaban J connectivity index is 1.36. The van der Waals surface area contributed by atoms with Crippen LogP contribution in [0.4, 0.5) is 17.2 Å². The van der Waals surface area contributed by atoms with Gasteiger partial charge < -0.3 is 20.1 Å². The van der Waals surface area contributed by atoms with E-state index in [1.165, 1.54) is 0 Å². The van der Waals surface area contributed by atoms with Crippen molar-refractivity contribution in [1.82, 2.24) is 5.16 Å². The first kappa shape index (κ1) is 19.4. The van der Waals surface area contributed by atoms with Gasteiger partial charge in [0.1, 0.15) is 5.76 Å². The normalized spacial score (nSPS) is 15.8. The van der Waals surface area contributed by atoms with Gasteiger partial charge in [-0.05, 0) is 43.3 Å². The number of benzene rings is 2. The lowest BCUT2D eigenvalue weighted by Gasteiger charge is -2.16. The number of hydrogen-bond donors (Lipinski definition) is 2. The summed E-state index contributed by atoms with van der Waals surface area (Å²) in [6.07, 6.45) is 0.165. The molecule has 1 unspecified atom stereocenters. The van der Waals surface area contributed by atoms with Gasteiger partial charge in [0.2, 0.25) is 11.8 Å². The molecule has 152 valence electrons. The summed E-state index contributed by atoms with van der Waals surface area (Å²) in [6, 6.07) is 17.4. The van der Waals surface area contributed by atoms with Crippen LogP contribution in [-0.4, -0.2) is 29.4 Å². The number of hydrogen-bond acceptors (Lipinski definition) is 5. The first-order valence-electron chi connectivity index (χ1n) is 9.50. The van der Waals surface area contributed by atoms with E-state index in [9.17, 15) is 14.4 Å². The molecule has 1 aromatic heterocycles. The van der Waals surface area contributed by atoms with Crippen LogP contribution in [0.15, 0.2) is 65.2 Å². The molecule has 0 radical (unpaired) electrons. The van der Waals surface area contributed by atoms with Crippen molar-refractivity contribution in [3.8, 4) is 0 Å². The number of carbonyl (C=O) groups is 3. The third kappa shape index (κ3) is 4.22. The molecule has 2 aromatic carbocycles. The fourth-order valence-corrected chi connectivity index (χ4v) is 3.30. The standard InChI is InChI=1S/C22H20N4O4/c1-14-11-19(25-30-14)24-21(28)15-7-9-17(10-8-15)23-22(29)16-12-20(27)26(13-16)18-5-3-2-4-6-18/h2-11,16H,12-13H2,1H3,(H,23,29)(H,24,25,28). The number of aromatic nitrogens is 1. The molecule has 1 aliphatic heterocycles. The lowest BCUT2D eigenvalue weighted by Crippen LogP contribution is -2.28. The van der Waals surface area contributed by atoms with E-state index >= 15 is 0 Å². The molecule has 1 atom stereocenters. The smallest absolute Gasteiger partial charge is 0.256 e. The molecular formula is C22H20N4O4. The van der Waals surface area contributed by atoms with Gasteiger partial charge in [0.15, 0.2) is 5.82 Å². The zero-order valence-electron chi connectivity index (χ0n) is 16.3. The molecule has 2 N–H and O–H groups in total. The number of amides is 3. The van der Waals surface area contributed by atoms with Crippen LogP contribution in [0.1, 0.15) is 22.5 Å². The van der Waals surface area contributed by atoms with E-state index in [2.05, 4.69) is 15.8 Å². The number of para-hydroxylation sites is 1. The fraction of sp³-hybridized carbons (Fsp3) is 0.182. The fourth-order valence-electron chi connectivity index (χ4n) is 3.30. The van der Waals surface area contributed by atoms with Crippen LogP contribution in [0.3, 0.4) is 0 Å². The second-order valence-corrected chi connectivity index (χ2v) is 7.08. The van der Waals surface area contributed by atoms with Crippen molar-refractivity contribution in [3.05, 3.63) is 72.0 Å². The highest BCUT2D eigenvalue weighted by Crippen LogP contribution is 2.26. The minimum absolute atomic E-state index is 0.0727. The quantitative estimate of drug-likeness (QED) is 0.679. The summed E-state index contributed by atoms with van der Waals surface area (Å²) in [6.45, 7) is 2.07. The summed E-state index contributed by atoms with van der Waals surface area (Å²) in [5, 5.41) is 9.17. The molecule has 8 nitrogen and oxygen atoms in total. The van der Waals surface area contributed by atoms with Gasteiger partial charge in [-0.3, -0.25) is 14.4 Å². The number of aryl methyl sites for hydroxylation is 1. The molecule has 2 heterocycles. The Kier molecular flexibility index (Phi) is 5.30. The van der Waals surface area contributed by atoms with Gasteiger partial charge in [-0.25, -0.2) is 0 Å². The minimum atomic E-state index is -0.434. The highest BCUT2D eigenvalue weighted by Gasteiger charge is 2.35. The van der Waals surface area contributed by atoms with Crippen LogP contribution in [0.5, 0.6) is 0 Å². The van der Waals surface area contributed by atoms with Crippen molar-refractivity contribution in [1.29, 1.82) is 0 Å². The van der Waals surface area contributed by atoms with Gasteiger partial charge >= 0.3 is 0 Å². The summed E-state index contributed by atoms with van der Waals surface area (Å²) in [5.41, 5.74) is 1.76. The first-order valence-corrected chi connectivity index (χ1v) is 9.50. The highest BCUT2D eigenvalue weighted by molar-refractivity contribution is 6.05. The van der Waals surface area contributed by atoms with Crippen LogP contribution in [0.2, 0.25) is 0 Å². The van der Waals surface area contributed by atoms with Gasteiger partial charge in [-0.1, -0.05) is 23.4 Å². The predicted octanol–water partition coefficient (Wildman–Crippen LogP) is 3.23. The zero-order chi connectivity index (χ0) is 21.1. The van der Waals surface area contributed by atoms with Crippen LogP contribution in [0.25, 0.3) is 0 Å². The van der Waals surface area contributed by atoms with Crippen LogP contribution >= 0.6 is 0 Å². The predicted molar refractivity (Wildman–Crippen MR) is 111 cm³/mol. The van der Waals surface area contributed by atoms with E-state index in [-0.39, 0.29) is 24.1 Å². The van der Waals surface area contributed by atoms with Crippen molar-refractivity contribution in [3.63, 3.8) is 0 Å². The molecular weight excluding hydrogens is 384 g/mol. The van der Waals surface area contributed by atoms with E-state index in [1.807, 2.05) is 30.3 Å². The molecule has 1 saturated heterocycles. The zero-order valence-corrected chi connectivity index (χ0v) is 16.3. The molecule has 4 rings (SSSR count). The summed E-state index contributed by atoms with van der Waals surface area (Å²) in [7, 11) is 0. The Morgan fingerprint density at radius 3 is 2.47 bits per heavy atom. The third-order valence-electron chi connectivity index (χ3n) is 4.85. The molecule has 3 aromatic rings. The van der Waals surface area contributed by atoms with Gasteiger partial charge in [-0.2, -0.15) is 0 Å². The minimum Gasteiger partial charge on any atom is -0.360 e. The lowest BCUT2D eigenvalue weighted by atomic mass is 10.1. The number of anilines is 3. The number of nitrogens with one attached hydrogen (secondary N) is 2. The van der Waals surface area contributed by atoms with Crippen molar-refractivity contribution in [2.24, 2.45) is 5.92 Å². The molecule has 0 saturated carbocycles. The van der Waals surface area contributed by atoms with Crippen molar-refractivity contribution < 1.29 is 18.9 Å². The summed E-state index contributed by atoms with van der Waals surface area (Å²) in [4.78, 5) is 38.8. The van der Waals surface area contributed by atoms with E-state index in [1.54, 1.807) is 42.2 Å².